The van der Waals surface area contributed by atoms with Crippen LogP contribution in [0.1, 0.15) is 17.0 Å². The first kappa shape index (κ1) is 12.2. The smallest absolute Gasteiger partial charge is 0.311 e. The number of benzene rings is 1. The summed E-state index contributed by atoms with van der Waals surface area (Å²) in [5.74, 6) is 0. The second kappa shape index (κ2) is 4.34. The van der Waals surface area contributed by atoms with Gasteiger partial charge in [-0.15, -0.1) is 5.10 Å². The van der Waals surface area contributed by atoms with Gasteiger partial charge in [0.15, 0.2) is 0 Å². The molecule has 1 aromatic heterocycles. The highest BCUT2D eigenvalue weighted by Crippen LogP contribution is 2.30. The predicted molar refractivity (Wildman–Crippen MR) is 61.8 cm³/mol. The van der Waals surface area contributed by atoms with Crippen LogP contribution in [0.4, 0.5) is 13.2 Å². The molecule has 1 aliphatic heterocycles. The van der Waals surface area contributed by atoms with Crippen molar-refractivity contribution in [2.45, 2.75) is 19.1 Å². The van der Waals surface area contributed by atoms with Crippen molar-refractivity contribution in [1.29, 1.82) is 0 Å². The van der Waals surface area contributed by atoms with E-state index in [9.17, 15) is 13.2 Å². The van der Waals surface area contributed by atoms with Gasteiger partial charge in [-0.1, -0.05) is 11.3 Å². The van der Waals surface area contributed by atoms with E-state index in [1.807, 2.05) is 0 Å². The predicted octanol–water partition coefficient (Wildman–Crippen LogP) is 1.93. The maximum atomic E-state index is 12.7. The summed E-state index contributed by atoms with van der Waals surface area (Å²) in [5, 5.41) is 11.1. The van der Waals surface area contributed by atoms with Crippen molar-refractivity contribution in [1.82, 2.24) is 20.3 Å². The number of aromatic nitrogens is 3. The lowest BCUT2D eigenvalue weighted by Gasteiger charge is -2.14. The molecule has 1 aromatic carbocycles. The van der Waals surface area contributed by atoms with Crippen molar-refractivity contribution < 1.29 is 13.2 Å². The zero-order valence-corrected chi connectivity index (χ0v) is 9.91. The van der Waals surface area contributed by atoms with Crippen molar-refractivity contribution >= 4 is 0 Å². The third-order valence-corrected chi connectivity index (χ3v) is 3.09. The largest absolute Gasteiger partial charge is 0.416 e. The molecule has 0 spiro atoms. The fourth-order valence-electron chi connectivity index (χ4n) is 2.14. The highest BCUT2D eigenvalue weighted by molar-refractivity contribution is 5.38. The Balaban J connectivity index is 2.05. The number of nitrogens with zero attached hydrogens (tertiary/aromatic N) is 3. The first-order chi connectivity index (χ1) is 9.05. The van der Waals surface area contributed by atoms with Gasteiger partial charge < -0.3 is 5.32 Å². The molecule has 0 atom stereocenters. The molecule has 19 heavy (non-hydrogen) atoms. The molecule has 2 aromatic rings. The molecule has 0 radical (unpaired) electrons. The maximum absolute atomic E-state index is 12.7. The van der Waals surface area contributed by atoms with Crippen LogP contribution in [-0.2, 0) is 19.1 Å². The van der Waals surface area contributed by atoms with E-state index >= 15 is 0 Å². The Morgan fingerprint density at radius 3 is 2.89 bits per heavy atom. The van der Waals surface area contributed by atoms with Crippen molar-refractivity contribution in [3.8, 4) is 5.69 Å². The van der Waals surface area contributed by atoms with Gasteiger partial charge in [-0.3, -0.25) is 0 Å². The van der Waals surface area contributed by atoms with Crippen LogP contribution in [0.25, 0.3) is 5.69 Å². The van der Waals surface area contributed by atoms with Gasteiger partial charge in [-0.05, 0) is 18.2 Å². The Bertz CT molecular complexity index is 603. The number of fused-ring (bicyclic) bond motifs is 1. The van der Waals surface area contributed by atoms with Gasteiger partial charge in [0.2, 0.25) is 0 Å². The van der Waals surface area contributed by atoms with E-state index in [-0.39, 0.29) is 0 Å². The SMILES string of the molecule is FC(F)(F)c1cccc(-n2nnc3c2CNCC3)c1. The summed E-state index contributed by atoms with van der Waals surface area (Å²) in [6.07, 6.45) is -3.61. The molecule has 0 unspecified atom stereocenters. The minimum absolute atomic E-state index is 0.382. The average Bonchev–Trinajstić information content (AvgIpc) is 2.82. The van der Waals surface area contributed by atoms with Gasteiger partial charge in [0.1, 0.15) is 0 Å². The van der Waals surface area contributed by atoms with E-state index in [1.165, 1.54) is 10.7 Å². The van der Waals surface area contributed by atoms with Crippen LogP contribution in [0.3, 0.4) is 0 Å². The van der Waals surface area contributed by atoms with Gasteiger partial charge in [0.05, 0.1) is 22.6 Å². The molecule has 0 fully saturated rings. The monoisotopic (exact) mass is 268 g/mol. The van der Waals surface area contributed by atoms with E-state index in [1.54, 1.807) is 6.07 Å². The molecule has 0 aliphatic carbocycles. The number of halogens is 3. The van der Waals surface area contributed by atoms with Gasteiger partial charge in [-0.25, -0.2) is 4.68 Å². The van der Waals surface area contributed by atoms with Gasteiger partial charge in [0.25, 0.3) is 0 Å². The first-order valence-corrected chi connectivity index (χ1v) is 5.87. The van der Waals surface area contributed by atoms with E-state index in [0.29, 0.717) is 12.2 Å². The quantitative estimate of drug-likeness (QED) is 0.859. The van der Waals surface area contributed by atoms with Crippen molar-refractivity contribution in [3.05, 3.63) is 41.2 Å². The van der Waals surface area contributed by atoms with Crippen molar-refractivity contribution in [3.63, 3.8) is 0 Å². The number of alkyl halides is 3. The van der Waals surface area contributed by atoms with Crippen LogP contribution >= 0.6 is 0 Å². The Hall–Kier alpha value is -1.89. The third kappa shape index (κ3) is 2.21. The summed E-state index contributed by atoms with van der Waals surface area (Å²) >= 11 is 0. The van der Waals surface area contributed by atoms with Gasteiger partial charge in [0, 0.05) is 19.5 Å². The van der Waals surface area contributed by atoms with Crippen LogP contribution in [0.2, 0.25) is 0 Å². The van der Waals surface area contributed by atoms with Crippen molar-refractivity contribution in [2.24, 2.45) is 0 Å². The van der Waals surface area contributed by atoms with Gasteiger partial charge in [-0.2, -0.15) is 13.2 Å². The minimum atomic E-state index is -4.35. The van der Waals surface area contributed by atoms with E-state index in [0.717, 1.165) is 36.5 Å². The molecule has 0 saturated heterocycles. The summed E-state index contributed by atoms with van der Waals surface area (Å²) in [6, 6.07) is 5.11. The third-order valence-electron chi connectivity index (χ3n) is 3.09. The van der Waals surface area contributed by atoms with Crippen LogP contribution in [0.15, 0.2) is 24.3 Å². The van der Waals surface area contributed by atoms with Crippen LogP contribution in [-0.4, -0.2) is 21.5 Å². The molecule has 0 bridgehead atoms. The fraction of sp³-hybridized carbons (Fsp3) is 0.333. The zero-order valence-electron chi connectivity index (χ0n) is 9.91. The number of hydrogen-bond acceptors (Lipinski definition) is 3. The lowest BCUT2D eigenvalue weighted by molar-refractivity contribution is -0.137. The van der Waals surface area contributed by atoms with Crippen molar-refractivity contribution in [2.75, 3.05) is 6.54 Å². The number of hydrogen-bond donors (Lipinski definition) is 1. The van der Waals surface area contributed by atoms with Gasteiger partial charge >= 0.3 is 6.18 Å². The topological polar surface area (TPSA) is 42.7 Å². The molecular formula is C12H11F3N4. The molecule has 0 saturated carbocycles. The molecule has 4 nitrogen and oxygen atoms in total. The molecule has 0 amide bonds. The second-order valence-corrected chi connectivity index (χ2v) is 4.37. The van der Waals surface area contributed by atoms with Crippen LogP contribution in [0, 0.1) is 0 Å². The number of nitrogens with one attached hydrogen (secondary N) is 1. The Labute approximate surface area is 107 Å². The summed E-state index contributed by atoms with van der Waals surface area (Å²) in [4.78, 5) is 0. The molecule has 1 aliphatic rings. The molecule has 2 heterocycles. The van der Waals surface area contributed by atoms with Crippen LogP contribution < -0.4 is 5.32 Å². The Morgan fingerprint density at radius 2 is 2.11 bits per heavy atom. The van der Waals surface area contributed by atoms with E-state index < -0.39 is 11.7 Å². The highest BCUT2D eigenvalue weighted by atomic mass is 19.4. The summed E-state index contributed by atoms with van der Waals surface area (Å²) < 4.78 is 39.5. The average molecular weight is 268 g/mol. The molecule has 7 heteroatoms. The normalized spacial score (nSPS) is 15.3. The molecular weight excluding hydrogens is 257 g/mol. The second-order valence-electron chi connectivity index (χ2n) is 4.37. The number of rotatable bonds is 1. The van der Waals surface area contributed by atoms with Crippen LogP contribution in [0.5, 0.6) is 0 Å². The molecule has 1 N–H and O–H groups in total. The summed E-state index contributed by atoms with van der Waals surface area (Å²) in [5.41, 5.74) is 1.37. The zero-order chi connectivity index (χ0) is 13.5. The summed E-state index contributed by atoms with van der Waals surface area (Å²) in [7, 11) is 0. The van der Waals surface area contributed by atoms with E-state index in [2.05, 4.69) is 15.6 Å². The molecule has 100 valence electrons. The lowest BCUT2D eigenvalue weighted by Crippen LogP contribution is -2.25. The molecule has 3 rings (SSSR count). The van der Waals surface area contributed by atoms with E-state index in [4.69, 9.17) is 0 Å². The highest BCUT2D eigenvalue weighted by Gasteiger charge is 2.31. The summed E-state index contributed by atoms with van der Waals surface area (Å²) in [6.45, 7) is 1.38. The first-order valence-electron chi connectivity index (χ1n) is 5.87. The Kier molecular flexibility index (Phi) is 2.78. The standard InChI is InChI=1S/C12H11F3N4/c13-12(14,15)8-2-1-3-9(6-8)19-11-7-16-5-4-10(11)17-18-19/h1-3,6,16H,4-5,7H2. The Morgan fingerprint density at radius 1 is 1.26 bits per heavy atom. The minimum Gasteiger partial charge on any atom is -0.311 e. The lowest BCUT2D eigenvalue weighted by atomic mass is 10.1. The fourth-order valence-corrected chi connectivity index (χ4v) is 2.14. The maximum Gasteiger partial charge on any atom is 0.416 e.